The van der Waals surface area contributed by atoms with Crippen LogP contribution in [0, 0.1) is 11.6 Å². The summed E-state index contributed by atoms with van der Waals surface area (Å²) in [4.78, 5) is 15.0. The molecule has 4 rings (SSSR count). The third kappa shape index (κ3) is 2.52. The number of thioether (sulfide) groups is 1. The second-order valence-corrected chi connectivity index (χ2v) is 7.51. The molecule has 8 heteroatoms. The molecular formula is C16H19F2N3O2S. The average Bonchev–Trinajstić information content (AvgIpc) is 3.03. The Kier molecular flexibility index (Phi) is 4.04. The van der Waals surface area contributed by atoms with Gasteiger partial charge in [0.05, 0.1) is 12.2 Å². The van der Waals surface area contributed by atoms with Crippen LogP contribution in [0.1, 0.15) is 12.8 Å². The molecule has 3 aliphatic heterocycles. The van der Waals surface area contributed by atoms with E-state index in [1.54, 1.807) is 0 Å². The van der Waals surface area contributed by atoms with Crippen molar-refractivity contribution < 1.29 is 18.3 Å². The zero-order valence-electron chi connectivity index (χ0n) is 13.1. The number of hydrogen-bond acceptors (Lipinski definition) is 5. The smallest absolute Gasteiger partial charge is 0.414 e. The second-order valence-electron chi connectivity index (χ2n) is 6.44. The van der Waals surface area contributed by atoms with Gasteiger partial charge in [0.1, 0.15) is 11.8 Å². The summed E-state index contributed by atoms with van der Waals surface area (Å²) >= 11 is 1.84. The molecule has 1 aromatic carbocycles. The minimum absolute atomic E-state index is 0.0366. The van der Waals surface area contributed by atoms with Crippen LogP contribution in [-0.2, 0) is 4.74 Å². The number of hydrogen-bond donors (Lipinski definition) is 1. The molecule has 24 heavy (non-hydrogen) atoms. The van der Waals surface area contributed by atoms with Gasteiger partial charge in [0.2, 0.25) is 0 Å². The summed E-state index contributed by atoms with van der Waals surface area (Å²) in [6.45, 7) is 0.388. The molecule has 5 nitrogen and oxygen atoms in total. The van der Waals surface area contributed by atoms with Crippen LogP contribution in [0.4, 0.5) is 25.0 Å². The number of carbonyl (C=O) groups is 1. The lowest BCUT2D eigenvalue weighted by Crippen LogP contribution is -2.43. The number of anilines is 2. The third-order valence-corrected chi connectivity index (χ3v) is 6.19. The Morgan fingerprint density at radius 1 is 1.21 bits per heavy atom. The van der Waals surface area contributed by atoms with Crippen LogP contribution in [0.15, 0.2) is 12.1 Å². The first-order valence-corrected chi connectivity index (χ1v) is 9.27. The molecule has 0 radical (unpaired) electrons. The molecule has 1 aromatic rings. The Morgan fingerprint density at radius 3 is 2.38 bits per heavy atom. The summed E-state index contributed by atoms with van der Waals surface area (Å²) < 4.78 is 34.5. The highest BCUT2D eigenvalue weighted by Crippen LogP contribution is 2.41. The van der Waals surface area contributed by atoms with Crippen LogP contribution in [-0.4, -0.2) is 48.9 Å². The van der Waals surface area contributed by atoms with Crippen LogP contribution < -0.4 is 15.5 Å². The van der Waals surface area contributed by atoms with Crippen LogP contribution in [0.25, 0.3) is 0 Å². The van der Waals surface area contributed by atoms with E-state index in [1.165, 1.54) is 17.0 Å². The number of nitrogens with zero attached hydrogens (tertiary/aromatic N) is 2. The highest BCUT2D eigenvalue weighted by molar-refractivity contribution is 7.99. The van der Waals surface area contributed by atoms with Gasteiger partial charge in [0.15, 0.2) is 11.6 Å². The number of rotatable bonds is 3. The van der Waals surface area contributed by atoms with E-state index in [0.29, 0.717) is 0 Å². The fourth-order valence-electron chi connectivity index (χ4n) is 3.80. The normalized spacial score (nSPS) is 29.3. The lowest BCUT2D eigenvalue weighted by Gasteiger charge is -2.37. The second kappa shape index (κ2) is 6.07. The van der Waals surface area contributed by atoms with Gasteiger partial charge in [-0.1, -0.05) is 0 Å². The summed E-state index contributed by atoms with van der Waals surface area (Å²) in [5, 5.41) is 0. The van der Waals surface area contributed by atoms with E-state index in [2.05, 4.69) is 0 Å². The number of benzene rings is 1. The quantitative estimate of drug-likeness (QED) is 0.902. The van der Waals surface area contributed by atoms with Crippen molar-refractivity contribution in [2.75, 3.05) is 34.4 Å². The van der Waals surface area contributed by atoms with Gasteiger partial charge in [0.25, 0.3) is 0 Å². The van der Waals surface area contributed by atoms with Crippen molar-refractivity contribution in [1.29, 1.82) is 0 Å². The summed E-state index contributed by atoms with van der Waals surface area (Å²) in [5.74, 6) is 0.539. The molecule has 3 aliphatic rings. The maximum Gasteiger partial charge on any atom is 0.414 e. The molecule has 2 bridgehead atoms. The maximum absolute atomic E-state index is 14.7. The lowest BCUT2D eigenvalue weighted by atomic mass is 10.2. The van der Waals surface area contributed by atoms with E-state index in [1.807, 2.05) is 16.7 Å². The van der Waals surface area contributed by atoms with Gasteiger partial charge >= 0.3 is 6.09 Å². The number of amides is 1. The van der Waals surface area contributed by atoms with Gasteiger partial charge in [-0.2, -0.15) is 11.8 Å². The monoisotopic (exact) mass is 355 g/mol. The van der Waals surface area contributed by atoms with Crippen molar-refractivity contribution in [3.8, 4) is 0 Å². The van der Waals surface area contributed by atoms with Crippen molar-refractivity contribution >= 4 is 29.2 Å². The number of nitrogens with two attached hydrogens (primary N) is 1. The number of carbonyl (C=O) groups excluding carboxylic acids is 1. The number of fused-ring (bicyclic) bond motifs is 2. The number of ether oxygens (including phenoxy) is 1. The molecule has 0 aliphatic carbocycles. The van der Waals surface area contributed by atoms with Crippen LogP contribution in [0.5, 0.6) is 0 Å². The van der Waals surface area contributed by atoms with Crippen LogP contribution >= 0.6 is 11.8 Å². The van der Waals surface area contributed by atoms with E-state index < -0.39 is 23.8 Å². The summed E-state index contributed by atoms with van der Waals surface area (Å²) in [5.41, 5.74) is 5.71. The first-order valence-electron chi connectivity index (χ1n) is 8.12. The summed E-state index contributed by atoms with van der Waals surface area (Å²) in [7, 11) is 0. The minimum atomic E-state index is -0.627. The van der Waals surface area contributed by atoms with Crippen LogP contribution in [0.2, 0.25) is 0 Å². The van der Waals surface area contributed by atoms with E-state index in [9.17, 15) is 13.6 Å². The molecule has 0 spiro atoms. The van der Waals surface area contributed by atoms with Crippen molar-refractivity contribution in [1.82, 2.24) is 0 Å². The largest absolute Gasteiger partial charge is 0.443 e. The molecule has 3 heterocycles. The Morgan fingerprint density at radius 2 is 1.83 bits per heavy atom. The Balaban J connectivity index is 1.66. The number of cyclic esters (lactones) is 1. The first kappa shape index (κ1) is 16.0. The lowest BCUT2D eigenvalue weighted by molar-refractivity contribution is 0.145. The molecule has 3 fully saturated rings. The Bertz CT molecular complexity index is 636. The fraction of sp³-hybridized carbons (Fsp3) is 0.562. The highest BCUT2D eigenvalue weighted by atomic mass is 32.2. The highest BCUT2D eigenvalue weighted by Gasteiger charge is 2.40. The van der Waals surface area contributed by atoms with Gasteiger partial charge in [-0.15, -0.1) is 0 Å². The Hall–Kier alpha value is -1.54. The molecule has 2 N–H and O–H groups in total. The topological polar surface area (TPSA) is 58.8 Å². The average molecular weight is 355 g/mol. The van der Waals surface area contributed by atoms with E-state index in [-0.39, 0.29) is 36.5 Å². The van der Waals surface area contributed by atoms with Crippen molar-refractivity contribution in [3.63, 3.8) is 0 Å². The van der Waals surface area contributed by atoms with Gasteiger partial charge in [-0.05, 0) is 12.8 Å². The molecule has 0 saturated carbocycles. The molecule has 1 amide bonds. The van der Waals surface area contributed by atoms with E-state index in [4.69, 9.17) is 10.5 Å². The predicted molar refractivity (Wildman–Crippen MR) is 89.6 cm³/mol. The van der Waals surface area contributed by atoms with Crippen molar-refractivity contribution in [2.24, 2.45) is 5.73 Å². The third-order valence-electron chi connectivity index (χ3n) is 4.95. The zero-order valence-corrected chi connectivity index (χ0v) is 13.9. The van der Waals surface area contributed by atoms with Gasteiger partial charge in [-0.3, -0.25) is 4.90 Å². The SMILES string of the molecule is NC[C@H]1CN(c2cc(F)c(N3C4CCC3CSC4)c(F)c2)C(=O)O1. The van der Waals surface area contributed by atoms with Crippen molar-refractivity contribution in [3.05, 3.63) is 23.8 Å². The fourth-order valence-corrected chi connectivity index (χ4v) is 5.14. The van der Waals surface area contributed by atoms with E-state index in [0.717, 1.165) is 24.3 Å². The predicted octanol–water partition coefficient (Wildman–Crippen LogP) is 2.33. The Labute approximate surface area is 143 Å². The zero-order chi connectivity index (χ0) is 16.8. The summed E-state index contributed by atoms with van der Waals surface area (Å²) in [6.07, 6.45) is 0.869. The van der Waals surface area contributed by atoms with Crippen molar-refractivity contribution in [2.45, 2.75) is 31.0 Å². The molecule has 130 valence electrons. The van der Waals surface area contributed by atoms with Crippen LogP contribution in [0.3, 0.4) is 0 Å². The molecule has 3 atom stereocenters. The maximum atomic E-state index is 14.7. The van der Waals surface area contributed by atoms with Gasteiger partial charge in [0, 0.05) is 42.3 Å². The minimum Gasteiger partial charge on any atom is -0.443 e. The molecular weight excluding hydrogens is 336 g/mol. The molecule has 3 saturated heterocycles. The van der Waals surface area contributed by atoms with Gasteiger partial charge < -0.3 is 15.4 Å². The number of halogens is 2. The molecule has 0 aromatic heterocycles. The first-order chi connectivity index (χ1) is 11.6. The van der Waals surface area contributed by atoms with E-state index >= 15 is 0 Å². The summed E-state index contributed by atoms with van der Waals surface area (Å²) in [6, 6.07) is 2.81. The standard InChI is InChI=1S/C16H19F2N3O2S/c17-13-3-11(20-6-12(5-19)23-16(20)22)4-14(18)15(13)21-9-1-2-10(21)8-24-7-9/h3-4,9-10,12H,1-2,5-8,19H2/t9?,10?,12-/m0/s1. The van der Waals surface area contributed by atoms with Gasteiger partial charge in [-0.25, -0.2) is 13.6 Å². The molecule has 2 unspecified atom stereocenters.